The summed E-state index contributed by atoms with van der Waals surface area (Å²) in [4.78, 5) is 0. The number of hydrogen-bond acceptors (Lipinski definition) is 1. The summed E-state index contributed by atoms with van der Waals surface area (Å²) in [7, 11) is 0. The lowest BCUT2D eigenvalue weighted by Gasteiger charge is -2.23. The molecule has 0 aromatic heterocycles. The molecule has 0 saturated carbocycles. The molecule has 1 aliphatic carbocycles. The molecule has 0 radical (unpaired) electrons. The minimum absolute atomic E-state index is 0.345. The van der Waals surface area contributed by atoms with Crippen molar-refractivity contribution in [1.82, 2.24) is 0 Å². The maximum atomic E-state index is 3.73. The van der Waals surface area contributed by atoms with E-state index in [1.807, 2.05) is 0 Å². The highest BCUT2D eigenvalue weighted by Gasteiger charge is 2.14. The molecule has 3 rings (SSSR count). The van der Waals surface area contributed by atoms with Crippen molar-refractivity contribution >= 4 is 5.69 Å². The second-order valence-electron chi connectivity index (χ2n) is 6.36. The summed E-state index contributed by atoms with van der Waals surface area (Å²) < 4.78 is 0. The second-order valence-corrected chi connectivity index (χ2v) is 6.36. The Morgan fingerprint density at radius 1 is 0.952 bits per heavy atom. The minimum atomic E-state index is 0.345. The topological polar surface area (TPSA) is 12.0 Å². The standard InChI is InChI=1S/C20H25N/c1-14-11-12-18(13-15(14)2)16(3)21-20-10-6-8-17-7-4-5-9-19(17)20/h6,8,10-13,16,21H,4-5,7,9H2,1-3H3. The molecule has 1 nitrogen and oxygen atoms in total. The number of rotatable bonds is 3. The predicted octanol–water partition coefficient (Wildman–Crippen LogP) is 5.36. The normalized spacial score (nSPS) is 15.4. The third kappa shape index (κ3) is 2.97. The molecule has 1 aliphatic rings. The molecule has 0 heterocycles. The summed E-state index contributed by atoms with van der Waals surface area (Å²) in [6.45, 7) is 6.62. The van der Waals surface area contributed by atoms with Crippen LogP contribution in [0.5, 0.6) is 0 Å². The molecular formula is C20H25N. The third-order valence-corrected chi connectivity index (χ3v) is 4.80. The largest absolute Gasteiger partial charge is 0.378 e. The zero-order chi connectivity index (χ0) is 14.8. The van der Waals surface area contributed by atoms with Crippen LogP contribution in [0.15, 0.2) is 36.4 Å². The predicted molar refractivity (Wildman–Crippen MR) is 91.0 cm³/mol. The minimum Gasteiger partial charge on any atom is -0.378 e. The summed E-state index contributed by atoms with van der Waals surface area (Å²) in [6, 6.07) is 13.8. The number of fused-ring (bicyclic) bond motifs is 1. The number of hydrogen-bond donors (Lipinski definition) is 1. The van der Waals surface area contributed by atoms with Crippen molar-refractivity contribution in [3.63, 3.8) is 0 Å². The molecule has 21 heavy (non-hydrogen) atoms. The van der Waals surface area contributed by atoms with Gasteiger partial charge in [0.1, 0.15) is 0 Å². The van der Waals surface area contributed by atoms with Crippen molar-refractivity contribution in [2.45, 2.75) is 52.5 Å². The molecule has 0 fully saturated rings. The van der Waals surface area contributed by atoms with Crippen molar-refractivity contribution in [3.05, 3.63) is 64.2 Å². The van der Waals surface area contributed by atoms with Gasteiger partial charge in [-0.2, -0.15) is 0 Å². The summed E-state index contributed by atoms with van der Waals surface area (Å²) in [5.41, 5.74) is 8.52. The number of anilines is 1. The van der Waals surface area contributed by atoms with Gasteiger partial charge in [0.2, 0.25) is 0 Å². The first kappa shape index (κ1) is 14.2. The lowest BCUT2D eigenvalue weighted by molar-refractivity contribution is 0.685. The number of nitrogens with one attached hydrogen (secondary N) is 1. The summed E-state index contributed by atoms with van der Waals surface area (Å²) in [5.74, 6) is 0. The summed E-state index contributed by atoms with van der Waals surface area (Å²) in [6.07, 6.45) is 5.12. The Kier molecular flexibility index (Phi) is 4.01. The first-order valence-electron chi connectivity index (χ1n) is 8.09. The molecule has 0 aliphatic heterocycles. The van der Waals surface area contributed by atoms with Crippen LogP contribution in [0.2, 0.25) is 0 Å². The average Bonchev–Trinajstić information content (AvgIpc) is 2.50. The summed E-state index contributed by atoms with van der Waals surface area (Å²) >= 11 is 0. The molecule has 0 amide bonds. The Morgan fingerprint density at radius 2 is 1.76 bits per heavy atom. The van der Waals surface area contributed by atoms with Gasteiger partial charge < -0.3 is 5.32 Å². The van der Waals surface area contributed by atoms with Gasteiger partial charge >= 0.3 is 0 Å². The molecule has 0 spiro atoms. The Labute approximate surface area is 128 Å². The molecule has 1 unspecified atom stereocenters. The molecule has 2 aromatic carbocycles. The van der Waals surface area contributed by atoms with Gasteiger partial charge in [0.25, 0.3) is 0 Å². The highest BCUT2D eigenvalue weighted by Crippen LogP contribution is 2.30. The summed E-state index contributed by atoms with van der Waals surface area (Å²) in [5, 5.41) is 3.73. The maximum Gasteiger partial charge on any atom is 0.0485 e. The molecule has 2 aromatic rings. The van der Waals surface area contributed by atoms with Gasteiger partial charge in [-0.15, -0.1) is 0 Å². The fourth-order valence-corrected chi connectivity index (χ4v) is 3.27. The fourth-order valence-electron chi connectivity index (χ4n) is 3.27. The van der Waals surface area contributed by atoms with E-state index >= 15 is 0 Å². The van der Waals surface area contributed by atoms with Crippen molar-refractivity contribution in [2.24, 2.45) is 0 Å². The van der Waals surface area contributed by atoms with Crippen LogP contribution in [0, 0.1) is 13.8 Å². The van der Waals surface area contributed by atoms with Crippen LogP contribution in [0.25, 0.3) is 0 Å². The molecule has 0 bridgehead atoms. The second kappa shape index (κ2) is 5.93. The van der Waals surface area contributed by atoms with Gasteiger partial charge in [-0.05, 0) is 80.3 Å². The molecule has 1 heteroatoms. The van der Waals surface area contributed by atoms with Crippen LogP contribution in [0.1, 0.15) is 53.6 Å². The molecule has 0 saturated heterocycles. The lowest BCUT2D eigenvalue weighted by Crippen LogP contribution is -2.12. The first-order valence-corrected chi connectivity index (χ1v) is 8.09. The van der Waals surface area contributed by atoms with Gasteiger partial charge in [-0.1, -0.05) is 30.3 Å². The van der Waals surface area contributed by atoms with Gasteiger partial charge in [-0.25, -0.2) is 0 Å². The van der Waals surface area contributed by atoms with Crippen LogP contribution < -0.4 is 5.32 Å². The Morgan fingerprint density at radius 3 is 2.57 bits per heavy atom. The third-order valence-electron chi connectivity index (χ3n) is 4.80. The number of benzene rings is 2. The van der Waals surface area contributed by atoms with E-state index in [2.05, 4.69) is 62.5 Å². The van der Waals surface area contributed by atoms with E-state index in [1.54, 1.807) is 11.1 Å². The zero-order valence-electron chi connectivity index (χ0n) is 13.4. The van der Waals surface area contributed by atoms with E-state index in [4.69, 9.17) is 0 Å². The van der Waals surface area contributed by atoms with E-state index < -0.39 is 0 Å². The Hall–Kier alpha value is -1.76. The van der Waals surface area contributed by atoms with Gasteiger partial charge in [0, 0.05) is 11.7 Å². The fraction of sp³-hybridized carbons (Fsp3) is 0.400. The first-order chi connectivity index (χ1) is 10.1. The molecular weight excluding hydrogens is 254 g/mol. The van der Waals surface area contributed by atoms with Crippen LogP contribution in [0.3, 0.4) is 0 Å². The monoisotopic (exact) mass is 279 g/mol. The average molecular weight is 279 g/mol. The van der Waals surface area contributed by atoms with Crippen molar-refractivity contribution in [3.8, 4) is 0 Å². The molecule has 1 atom stereocenters. The van der Waals surface area contributed by atoms with Gasteiger partial charge in [0.15, 0.2) is 0 Å². The van der Waals surface area contributed by atoms with Gasteiger partial charge in [0.05, 0.1) is 0 Å². The Balaban J connectivity index is 1.84. The van der Waals surface area contributed by atoms with Crippen molar-refractivity contribution in [1.29, 1.82) is 0 Å². The number of aryl methyl sites for hydroxylation is 3. The van der Waals surface area contributed by atoms with Crippen molar-refractivity contribution in [2.75, 3.05) is 5.32 Å². The van der Waals surface area contributed by atoms with Gasteiger partial charge in [-0.3, -0.25) is 0 Å². The maximum absolute atomic E-state index is 3.73. The van der Waals surface area contributed by atoms with Crippen LogP contribution in [-0.4, -0.2) is 0 Å². The van der Waals surface area contributed by atoms with E-state index in [9.17, 15) is 0 Å². The van der Waals surface area contributed by atoms with E-state index in [1.165, 1.54) is 48.1 Å². The van der Waals surface area contributed by atoms with Crippen LogP contribution >= 0.6 is 0 Å². The Bertz CT molecular complexity index is 642. The van der Waals surface area contributed by atoms with E-state index in [0.717, 1.165) is 0 Å². The van der Waals surface area contributed by atoms with Crippen molar-refractivity contribution < 1.29 is 0 Å². The molecule has 110 valence electrons. The quantitative estimate of drug-likeness (QED) is 0.798. The van der Waals surface area contributed by atoms with E-state index in [0.29, 0.717) is 6.04 Å². The zero-order valence-corrected chi connectivity index (χ0v) is 13.4. The van der Waals surface area contributed by atoms with Crippen LogP contribution in [-0.2, 0) is 12.8 Å². The highest BCUT2D eigenvalue weighted by atomic mass is 14.9. The lowest BCUT2D eigenvalue weighted by atomic mass is 9.90. The van der Waals surface area contributed by atoms with E-state index in [-0.39, 0.29) is 0 Å². The highest BCUT2D eigenvalue weighted by molar-refractivity contribution is 5.57. The molecule has 1 N–H and O–H groups in total. The SMILES string of the molecule is Cc1ccc(C(C)Nc2cccc3c2CCCC3)cc1C. The smallest absolute Gasteiger partial charge is 0.0485 e. The van der Waals surface area contributed by atoms with Crippen LogP contribution in [0.4, 0.5) is 5.69 Å².